The molecule has 0 aliphatic heterocycles. The Morgan fingerprint density at radius 2 is 1.83 bits per heavy atom. The van der Waals surface area contributed by atoms with Gasteiger partial charge in [0, 0.05) is 20.0 Å². The Balaban J connectivity index is 2.36. The van der Waals surface area contributed by atoms with Crippen LogP contribution in [0.4, 0.5) is 4.39 Å². The molecule has 2 atom stereocenters. The van der Waals surface area contributed by atoms with Crippen LogP contribution in [0.15, 0.2) is 42.0 Å². The first kappa shape index (κ1) is 24.0. The summed E-state index contributed by atoms with van der Waals surface area (Å²) in [5, 5.41) is 10.3. The lowest BCUT2D eigenvalue weighted by Gasteiger charge is -2.44. The summed E-state index contributed by atoms with van der Waals surface area (Å²) >= 11 is 0. The molecular formula is C24H31FO5. The number of ketones is 1. The highest BCUT2D eigenvalue weighted by atomic mass is 19.1. The van der Waals surface area contributed by atoms with Crippen molar-refractivity contribution < 1.29 is 28.6 Å². The zero-order valence-electron chi connectivity index (χ0n) is 18.3. The van der Waals surface area contributed by atoms with Crippen LogP contribution in [-0.4, -0.2) is 42.8 Å². The largest absolute Gasteiger partial charge is 0.469 e. The van der Waals surface area contributed by atoms with Gasteiger partial charge in [-0.1, -0.05) is 38.1 Å². The number of halogens is 1. The van der Waals surface area contributed by atoms with Crippen molar-refractivity contribution in [1.82, 2.24) is 0 Å². The monoisotopic (exact) mass is 418 g/mol. The third-order valence-electron chi connectivity index (χ3n) is 5.60. The summed E-state index contributed by atoms with van der Waals surface area (Å²) in [6.07, 6.45) is 3.27. The fourth-order valence-corrected chi connectivity index (χ4v) is 4.16. The second kappa shape index (κ2) is 9.67. The number of carbonyl (C=O) groups excluding carboxylic acids is 2. The maximum absolute atomic E-state index is 13.5. The number of rotatable bonds is 8. The van der Waals surface area contributed by atoms with Crippen LogP contribution in [-0.2, 0) is 19.1 Å². The Morgan fingerprint density at radius 3 is 2.40 bits per heavy atom. The summed E-state index contributed by atoms with van der Waals surface area (Å²) in [7, 11) is 2.91. The predicted molar refractivity (Wildman–Crippen MR) is 113 cm³/mol. The zero-order valence-corrected chi connectivity index (χ0v) is 18.3. The lowest BCUT2D eigenvalue weighted by atomic mass is 9.65. The number of Topliss-reactive ketones (excluding diaryl/α,β-unsaturated/α-hetero) is 1. The summed E-state index contributed by atoms with van der Waals surface area (Å²) in [5.74, 6) is -1.31. The van der Waals surface area contributed by atoms with Crippen molar-refractivity contribution in [3.63, 3.8) is 0 Å². The molecule has 2 unspecified atom stereocenters. The van der Waals surface area contributed by atoms with Gasteiger partial charge in [-0.2, -0.15) is 0 Å². The van der Waals surface area contributed by atoms with Gasteiger partial charge in [0.05, 0.1) is 18.8 Å². The van der Waals surface area contributed by atoms with E-state index in [1.54, 1.807) is 25.3 Å². The first-order valence-electron chi connectivity index (χ1n) is 9.99. The molecule has 1 aliphatic carbocycles. The zero-order chi connectivity index (χ0) is 22.5. The van der Waals surface area contributed by atoms with E-state index in [1.165, 1.54) is 19.2 Å². The van der Waals surface area contributed by atoms with E-state index in [9.17, 15) is 19.1 Å². The molecule has 30 heavy (non-hydrogen) atoms. The molecule has 0 fully saturated rings. The second-order valence-corrected chi connectivity index (χ2v) is 8.71. The van der Waals surface area contributed by atoms with Crippen LogP contribution in [0, 0.1) is 11.2 Å². The molecule has 164 valence electrons. The summed E-state index contributed by atoms with van der Waals surface area (Å²) in [6.45, 7) is 6.25. The molecule has 1 aliphatic rings. The maximum Gasteiger partial charge on any atom is 0.313 e. The van der Waals surface area contributed by atoms with Gasteiger partial charge >= 0.3 is 5.97 Å². The third kappa shape index (κ3) is 6.09. The molecule has 0 saturated heterocycles. The summed E-state index contributed by atoms with van der Waals surface area (Å²) in [4.78, 5) is 23.1. The van der Waals surface area contributed by atoms with Gasteiger partial charge in [0.25, 0.3) is 0 Å². The predicted octanol–water partition coefficient (Wildman–Crippen LogP) is 4.24. The number of aliphatic hydroxyl groups excluding tert-OH is 1. The van der Waals surface area contributed by atoms with Crippen LogP contribution in [0.2, 0.25) is 0 Å². The van der Waals surface area contributed by atoms with Crippen LogP contribution in [0.1, 0.15) is 52.0 Å². The molecule has 6 heteroatoms. The smallest absolute Gasteiger partial charge is 0.313 e. The number of carbonyl (C=O) groups is 2. The molecule has 2 rings (SSSR count). The van der Waals surface area contributed by atoms with Crippen molar-refractivity contribution in [2.75, 3.05) is 14.2 Å². The first-order valence-corrected chi connectivity index (χ1v) is 9.99. The lowest BCUT2D eigenvalue weighted by molar-refractivity contribution is -0.143. The molecular weight excluding hydrogens is 387 g/mol. The first-order chi connectivity index (χ1) is 14.0. The molecule has 1 aromatic carbocycles. The average molecular weight is 419 g/mol. The topological polar surface area (TPSA) is 72.8 Å². The Morgan fingerprint density at radius 1 is 1.20 bits per heavy atom. The normalized spacial score (nSPS) is 22.2. The van der Waals surface area contributed by atoms with Crippen molar-refractivity contribution in [3.8, 4) is 0 Å². The SMILES string of the molecule is COC(=O)CC(=O)CC(O)/C=C/C1=C(c2ccc(F)cc2)CC(C)(OC)CC1(C)C. The van der Waals surface area contributed by atoms with Crippen LogP contribution in [0.5, 0.6) is 0 Å². The van der Waals surface area contributed by atoms with E-state index in [1.807, 2.05) is 6.08 Å². The maximum atomic E-state index is 13.5. The van der Waals surface area contributed by atoms with Gasteiger partial charge in [0.15, 0.2) is 0 Å². The number of benzene rings is 1. The van der Waals surface area contributed by atoms with Crippen molar-refractivity contribution in [3.05, 3.63) is 53.4 Å². The van der Waals surface area contributed by atoms with Gasteiger partial charge in [-0.15, -0.1) is 0 Å². The standard InChI is InChI=1S/C24H31FO5/c1-23(2)15-24(3,30-5)14-20(16-6-8-17(25)9-7-16)21(23)11-10-18(26)12-19(27)13-22(28)29-4/h6-11,18,26H,12-15H2,1-5H3/b11-10+. The Kier molecular flexibility index (Phi) is 7.72. The van der Waals surface area contributed by atoms with Gasteiger partial charge in [-0.05, 0) is 47.6 Å². The summed E-state index contributed by atoms with van der Waals surface area (Å²) in [6, 6.07) is 6.34. The number of hydrogen-bond donors (Lipinski definition) is 1. The Labute approximate surface area is 177 Å². The van der Waals surface area contributed by atoms with Crippen molar-refractivity contribution in [2.45, 2.75) is 58.2 Å². The van der Waals surface area contributed by atoms with Gasteiger partial charge in [0.2, 0.25) is 0 Å². The fraction of sp³-hybridized carbons (Fsp3) is 0.500. The molecule has 0 spiro atoms. The average Bonchev–Trinajstić information content (AvgIpc) is 2.66. The summed E-state index contributed by atoms with van der Waals surface area (Å²) < 4.78 is 23.7. The van der Waals surface area contributed by atoms with E-state index >= 15 is 0 Å². The van der Waals surface area contributed by atoms with Gasteiger partial charge in [-0.3, -0.25) is 9.59 Å². The summed E-state index contributed by atoms with van der Waals surface area (Å²) in [5.41, 5.74) is 2.25. The van der Waals surface area contributed by atoms with E-state index < -0.39 is 12.1 Å². The van der Waals surface area contributed by atoms with Crippen molar-refractivity contribution >= 4 is 17.3 Å². The number of hydrogen-bond acceptors (Lipinski definition) is 5. The molecule has 0 bridgehead atoms. The molecule has 1 N–H and O–H groups in total. The molecule has 5 nitrogen and oxygen atoms in total. The minimum absolute atomic E-state index is 0.166. The van der Waals surface area contributed by atoms with Crippen LogP contribution in [0.3, 0.4) is 0 Å². The molecule has 1 aromatic rings. The molecule has 0 heterocycles. The highest BCUT2D eigenvalue weighted by Crippen LogP contribution is 2.49. The van der Waals surface area contributed by atoms with Crippen LogP contribution in [0.25, 0.3) is 5.57 Å². The second-order valence-electron chi connectivity index (χ2n) is 8.71. The number of esters is 1. The van der Waals surface area contributed by atoms with E-state index in [4.69, 9.17) is 4.74 Å². The molecule has 0 radical (unpaired) electrons. The number of ether oxygens (including phenoxy) is 2. The van der Waals surface area contributed by atoms with Crippen LogP contribution < -0.4 is 0 Å². The Hall–Kier alpha value is -2.31. The van der Waals surface area contributed by atoms with E-state index in [0.717, 1.165) is 23.1 Å². The van der Waals surface area contributed by atoms with Crippen LogP contribution >= 0.6 is 0 Å². The van der Waals surface area contributed by atoms with E-state index in [-0.39, 0.29) is 35.5 Å². The molecule has 0 aromatic heterocycles. The van der Waals surface area contributed by atoms with E-state index in [0.29, 0.717) is 6.42 Å². The third-order valence-corrected chi connectivity index (χ3v) is 5.60. The number of methoxy groups -OCH3 is 2. The number of allylic oxidation sites excluding steroid dienone is 2. The number of aliphatic hydroxyl groups is 1. The molecule has 0 amide bonds. The quantitative estimate of drug-likeness (QED) is 0.505. The molecule has 0 saturated carbocycles. The van der Waals surface area contributed by atoms with Crippen molar-refractivity contribution in [1.29, 1.82) is 0 Å². The van der Waals surface area contributed by atoms with Gasteiger partial charge < -0.3 is 14.6 Å². The van der Waals surface area contributed by atoms with Crippen molar-refractivity contribution in [2.24, 2.45) is 5.41 Å². The van der Waals surface area contributed by atoms with Gasteiger partial charge in [0.1, 0.15) is 18.0 Å². The minimum atomic E-state index is -1.02. The van der Waals surface area contributed by atoms with Gasteiger partial charge in [-0.25, -0.2) is 4.39 Å². The fourth-order valence-electron chi connectivity index (χ4n) is 4.16. The van der Waals surface area contributed by atoms with E-state index in [2.05, 4.69) is 25.5 Å². The minimum Gasteiger partial charge on any atom is -0.469 e. The Bertz CT molecular complexity index is 838. The lowest BCUT2D eigenvalue weighted by Crippen LogP contribution is -2.39. The highest BCUT2D eigenvalue weighted by molar-refractivity contribution is 5.95. The highest BCUT2D eigenvalue weighted by Gasteiger charge is 2.41.